The second kappa shape index (κ2) is 4.11. The van der Waals surface area contributed by atoms with Crippen LogP contribution in [0.25, 0.3) is 0 Å². The highest BCUT2D eigenvalue weighted by molar-refractivity contribution is 5.61. The van der Waals surface area contributed by atoms with Gasteiger partial charge < -0.3 is 15.4 Å². The molecule has 3 nitrogen and oxygen atoms in total. The fourth-order valence-corrected chi connectivity index (χ4v) is 1.96. The van der Waals surface area contributed by atoms with Gasteiger partial charge in [0.05, 0.1) is 12.8 Å². The number of hydrogen-bond donors (Lipinski definition) is 1. The van der Waals surface area contributed by atoms with Crippen LogP contribution in [0.1, 0.15) is 18.9 Å². The molecule has 1 heterocycles. The Balaban J connectivity index is 2.30. The van der Waals surface area contributed by atoms with Crippen LogP contribution in [0.15, 0.2) is 18.2 Å². The maximum atomic E-state index is 5.60. The fraction of sp³-hybridized carbons (Fsp3) is 0.500. The summed E-state index contributed by atoms with van der Waals surface area (Å²) in [7, 11) is 1.71. The number of hydrogen-bond acceptors (Lipinski definition) is 3. The minimum atomic E-state index is 0.562. The molecule has 3 heteroatoms. The average molecular weight is 206 g/mol. The van der Waals surface area contributed by atoms with Crippen LogP contribution in [0.3, 0.4) is 0 Å². The Kier molecular flexibility index (Phi) is 2.82. The summed E-state index contributed by atoms with van der Waals surface area (Å²) >= 11 is 0. The first-order chi connectivity index (χ1) is 7.26. The van der Waals surface area contributed by atoms with Crippen molar-refractivity contribution in [3.8, 4) is 5.75 Å². The number of benzene rings is 1. The van der Waals surface area contributed by atoms with E-state index in [4.69, 9.17) is 10.5 Å². The topological polar surface area (TPSA) is 38.5 Å². The summed E-state index contributed by atoms with van der Waals surface area (Å²) in [5.41, 5.74) is 7.91. The van der Waals surface area contributed by atoms with Crippen LogP contribution in [-0.2, 0) is 6.54 Å². The first-order valence-corrected chi connectivity index (χ1v) is 5.40. The van der Waals surface area contributed by atoms with E-state index in [9.17, 15) is 0 Å². The molecule has 82 valence electrons. The van der Waals surface area contributed by atoms with Crippen LogP contribution in [0.5, 0.6) is 5.75 Å². The first kappa shape index (κ1) is 10.3. The Bertz CT molecular complexity index is 351. The van der Waals surface area contributed by atoms with Crippen molar-refractivity contribution in [3.05, 3.63) is 23.8 Å². The SMILES string of the molecule is COc1cc(CN)ccc1N1CCC1C. The summed E-state index contributed by atoms with van der Waals surface area (Å²) in [6.45, 7) is 3.92. The second-order valence-corrected chi connectivity index (χ2v) is 4.04. The van der Waals surface area contributed by atoms with E-state index in [0.717, 1.165) is 17.9 Å². The van der Waals surface area contributed by atoms with Crippen molar-refractivity contribution in [3.63, 3.8) is 0 Å². The molecule has 2 rings (SSSR count). The average Bonchev–Trinajstić information content (AvgIpc) is 2.27. The molecule has 1 aliphatic rings. The summed E-state index contributed by atoms with van der Waals surface area (Å²) < 4.78 is 5.40. The highest BCUT2D eigenvalue weighted by Gasteiger charge is 2.25. The van der Waals surface area contributed by atoms with Crippen molar-refractivity contribution in [2.75, 3.05) is 18.6 Å². The zero-order valence-electron chi connectivity index (χ0n) is 9.36. The molecule has 15 heavy (non-hydrogen) atoms. The zero-order valence-corrected chi connectivity index (χ0v) is 9.36. The maximum Gasteiger partial charge on any atom is 0.142 e. The quantitative estimate of drug-likeness (QED) is 0.819. The lowest BCUT2D eigenvalue weighted by molar-refractivity contribution is 0.403. The molecule has 0 saturated carbocycles. The van der Waals surface area contributed by atoms with E-state index in [0.29, 0.717) is 12.6 Å². The van der Waals surface area contributed by atoms with Gasteiger partial charge in [-0.15, -0.1) is 0 Å². The molecule has 0 bridgehead atoms. The number of nitrogens with two attached hydrogens (primary N) is 1. The Morgan fingerprint density at radius 2 is 2.33 bits per heavy atom. The normalized spacial score (nSPS) is 19.9. The standard InChI is InChI=1S/C12H18N2O/c1-9-5-6-14(9)11-4-3-10(8-13)7-12(11)15-2/h3-4,7,9H,5-6,8,13H2,1-2H3. The lowest BCUT2D eigenvalue weighted by atomic mass is 10.0. The molecule has 1 unspecified atom stereocenters. The van der Waals surface area contributed by atoms with E-state index in [1.54, 1.807) is 7.11 Å². The van der Waals surface area contributed by atoms with Crippen molar-refractivity contribution in [1.29, 1.82) is 0 Å². The molecule has 0 spiro atoms. The minimum absolute atomic E-state index is 0.562. The molecule has 0 aliphatic carbocycles. The van der Waals surface area contributed by atoms with Crippen molar-refractivity contribution in [2.45, 2.75) is 25.9 Å². The Hall–Kier alpha value is -1.22. The summed E-state index contributed by atoms with van der Waals surface area (Å²) in [5.74, 6) is 0.935. The molecule has 2 N–H and O–H groups in total. The smallest absolute Gasteiger partial charge is 0.142 e. The summed E-state index contributed by atoms with van der Waals surface area (Å²) in [6, 6.07) is 6.84. The minimum Gasteiger partial charge on any atom is -0.495 e. The summed E-state index contributed by atoms with van der Waals surface area (Å²) in [5, 5.41) is 0. The van der Waals surface area contributed by atoms with E-state index in [1.807, 2.05) is 6.07 Å². The predicted molar refractivity (Wildman–Crippen MR) is 62.3 cm³/mol. The van der Waals surface area contributed by atoms with Crippen molar-refractivity contribution < 1.29 is 4.74 Å². The van der Waals surface area contributed by atoms with E-state index in [1.165, 1.54) is 12.1 Å². The van der Waals surface area contributed by atoms with Crippen molar-refractivity contribution in [1.82, 2.24) is 0 Å². The monoisotopic (exact) mass is 206 g/mol. The number of nitrogens with zero attached hydrogens (tertiary/aromatic N) is 1. The fourth-order valence-electron chi connectivity index (χ4n) is 1.96. The molecule has 0 amide bonds. The van der Waals surface area contributed by atoms with Crippen LogP contribution in [0.4, 0.5) is 5.69 Å². The van der Waals surface area contributed by atoms with Gasteiger partial charge in [0.1, 0.15) is 5.75 Å². The van der Waals surface area contributed by atoms with Gasteiger partial charge in [-0.05, 0) is 31.0 Å². The lowest BCUT2D eigenvalue weighted by Gasteiger charge is -2.41. The van der Waals surface area contributed by atoms with Crippen molar-refractivity contribution >= 4 is 5.69 Å². The highest BCUT2D eigenvalue weighted by Crippen LogP contribution is 2.34. The molecule has 1 saturated heterocycles. The van der Waals surface area contributed by atoms with Crippen LogP contribution in [-0.4, -0.2) is 19.7 Å². The molecule has 1 aliphatic heterocycles. The van der Waals surface area contributed by atoms with Gasteiger partial charge in [-0.25, -0.2) is 0 Å². The Morgan fingerprint density at radius 3 is 2.80 bits per heavy atom. The zero-order chi connectivity index (χ0) is 10.8. The summed E-state index contributed by atoms with van der Waals surface area (Å²) in [6.07, 6.45) is 1.27. The molecule has 0 aromatic heterocycles. The Labute approximate surface area is 90.8 Å². The van der Waals surface area contributed by atoms with Crippen LogP contribution in [0.2, 0.25) is 0 Å². The molecule has 1 atom stereocenters. The Morgan fingerprint density at radius 1 is 1.53 bits per heavy atom. The highest BCUT2D eigenvalue weighted by atomic mass is 16.5. The maximum absolute atomic E-state index is 5.60. The van der Waals surface area contributed by atoms with Gasteiger partial charge in [0.2, 0.25) is 0 Å². The largest absolute Gasteiger partial charge is 0.495 e. The van der Waals surface area contributed by atoms with Gasteiger partial charge in [-0.1, -0.05) is 6.07 Å². The molecule has 0 radical (unpaired) electrons. The van der Waals surface area contributed by atoms with Gasteiger partial charge in [0.15, 0.2) is 0 Å². The molecule has 1 aromatic carbocycles. The molecule has 1 aromatic rings. The number of methoxy groups -OCH3 is 1. The van der Waals surface area contributed by atoms with Gasteiger partial charge >= 0.3 is 0 Å². The van der Waals surface area contributed by atoms with Gasteiger partial charge in [-0.2, -0.15) is 0 Å². The third-order valence-electron chi connectivity index (χ3n) is 3.11. The van der Waals surface area contributed by atoms with E-state index in [2.05, 4.69) is 24.0 Å². The molecule has 1 fully saturated rings. The van der Waals surface area contributed by atoms with E-state index >= 15 is 0 Å². The van der Waals surface area contributed by atoms with Crippen molar-refractivity contribution in [2.24, 2.45) is 5.73 Å². The summed E-state index contributed by atoms with van der Waals surface area (Å²) in [4.78, 5) is 2.36. The third kappa shape index (κ3) is 1.79. The molecular weight excluding hydrogens is 188 g/mol. The van der Waals surface area contributed by atoms with E-state index < -0.39 is 0 Å². The number of rotatable bonds is 3. The van der Waals surface area contributed by atoms with E-state index in [-0.39, 0.29) is 0 Å². The molecular formula is C12H18N2O. The van der Waals surface area contributed by atoms with Gasteiger partial charge in [0.25, 0.3) is 0 Å². The predicted octanol–water partition coefficient (Wildman–Crippen LogP) is 1.75. The third-order valence-corrected chi connectivity index (χ3v) is 3.11. The van der Waals surface area contributed by atoms with Gasteiger partial charge in [0, 0.05) is 19.1 Å². The number of anilines is 1. The second-order valence-electron chi connectivity index (χ2n) is 4.04. The number of ether oxygens (including phenoxy) is 1. The van der Waals surface area contributed by atoms with Gasteiger partial charge in [-0.3, -0.25) is 0 Å². The van der Waals surface area contributed by atoms with Crippen LogP contribution < -0.4 is 15.4 Å². The van der Waals surface area contributed by atoms with Crippen LogP contribution >= 0.6 is 0 Å². The first-order valence-electron chi connectivity index (χ1n) is 5.40. The lowest BCUT2D eigenvalue weighted by Crippen LogP contribution is -2.45. The van der Waals surface area contributed by atoms with Crippen LogP contribution in [0, 0.1) is 0 Å².